The highest BCUT2D eigenvalue weighted by Gasteiger charge is 2.08. The summed E-state index contributed by atoms with van der Waals surface area (Å²) in [4.78, 5) is 0. The van der Waals surface area contributed by atoms with Gasteiger partial charge >= 0.3 is 0 Å². The van der Waals surface area contributed by atoms with Gasteiger partial charge in [-0.2, -0.15) is 0 Å². The normalized spacial score (nSPS) is 11.3. The summed E-state index contributed by atoms with van der Waals surface area (Å²) >= 11 is 6.33. The van der Waals surface area contributed by atoms with E-state index in [0.29, 0.717) is 10.7 Å². The second-order valence-corrected chi connectivity index (χ2v) is 5.82. The van der Waals surface area contributed by atoms with Crippen LogP contribution in [0, 0.1) is 5.41 Å². The number of nitrogen functional groups attached to an aromatic ring is 1. The molecule has 0 unspecified atom stereocenters. The SMILES string of the molecule is CCCCC(=N)/C=C(\Nc1ccc(N)cc1)c1ccccc1Cl. The van der Waals surface area contributed by atoms with Gasteiger partial charge in [0.15, 0.2) is 0 Å². The molecule has 23 heavy (non-hydrogen) atoms. The Balaban J connectivity index is 2.31. The second-order valence-electron chi connectivity index (χ2n) is 5.41. The number of rotatable bonds is 7. The number of hydrogen-bond acceptors (Lipinski definition) is 3. The number of benzene rings is 2. The molecule has 2 rings (SSSR count). The summed E-state index contributed by atoms with van der Waals surface area (Å²) in [5, 5.41) is 12.2. The predicted molar refractivity (Wildman–Crippen MR) is 101 cm³/mol. The summed E-state index contributed by atoms with van der Waals surface area (Å²) in [5.74, 6) is 0. The van der Waals surface area contributed by atoms with Crippen LogP contribution in [0.1, 0.15) is 31.7 Å². The Hall–Kier alpha value is -2.26. The number of allylic oxidation sites excluding steroid dienone is 1. The highest BCUT2D eigenvalue weighted by Crippen LogP contribution is 2.26. The van der Waals surface area contributed by atoms with Crippen molar-refractivity contribution in [2.75, 3.05) is 11.1 Å². The molecule has 0 aromatic heterocycles. The molecule has 4 heteroatoms. The van der Waals surface area contributed by atoms with E-state index in [9.17, 15) is 0 Å². The first-order chi connectivity index (χ1) is 11.1. The predicted octanol–water partition coefficient (Wildman–Crippen LogP) is 5.59. The van der Waals surface area contributed by atoms with E-state index in [0.717, 1.165) is 41.9 Å². The number of unbranched alkanes of at least 4 members (excludes halogenated alkanes) is 1. The molecular formula is C19H22ClN3. The number of nitrogens with two attached hydrogens (primary N) is 1. The molecule has 120 valence electrons. The van der Waals surface area contributed by atoms with Crippen LogP contribution in [0.4, 0.5) is 11.4 Å². The van der Waals surface area contributed by atoms with Gasteiger partial charge in [-0.15, -0.1) is 0 Å². The fourth-order valence-corrected chi connectivity index (χ4v) is 2.43. The van der Waals surface area contributed by atoms with Gasteiger partial charge in [0, 0.05) is 33.4 Å². The summed E-state index contributed by atoms with van der Waals surface area (Å²) in [6, 6.07) is 15.1. The number of nitrogens with one attached hydrogen (secondary N) is 2. The molecule has 2 aromatic carbocycles. The van der Waals surface area contributed by atoms with Gasteiger partial charge in [-0.1, -0.05) is 43.1 Å². The van der Waals surface area contributed by atoms with Crippen LogP contribution in [0.15, 0.2) is 54.6 Å². The van der Waals surface area contributed by atoms with Crippen LogP contribution in [-0.4, -0.2) is 5.71 Å². The molecule has 0 fully saturated rings. The van der Waals surface area contributed by atoms with Gasteiger partial charge in [0.2, 0.25) is 0 Å². The molecule has 0 heterocycles. The summed E-state index contributed by atoms with van der Waals surface area (Å²) < 4.78 is 0. The Morgan fingerprint density at radius 2 is 1.87 bits per heavy atom. The Morgan fingerprint density at radius 1 is 1.17 bits per heavy atom. The molecule has 0 amide bonds. The molecule has 0 aliphatic heterocycles. The molecule has 0 aliphatic carbocycles. The first-order valence-electron chi connectivity index (χ1n) is 7.76. The number of anilines is 2. The van der Waals surface area contributed by atoms with Gasteiger partial charge < -0.3 is 16.5 Å². The first kappa shape index (κ1) is 17.1. The molecule has 3 nitrogen and oxygen atoms in total. The molecule has 0 radical (unpaired) electrons. The van der Waals surface area contributed by atoms with Gasteiger partial charge in [-0.25, -0.2) is 0 Å². The maximum atomic E-state index is 8.16. The summed E-state index contributed by atoms with van der Waals surface area (Å²) in [5.41, 5.74) is 9.65. The smallest absolute Gasteiger partial charge is 0.0499 e. The van der Waals surface area contributed by atoms with E-state index in [1.165, 1.54) is 0 Å². The molecule has 0 bridgehead atoms. The van der Waals surface area contributed by atoms with Crippen molar-refractivity contribution >= 4 is 34.4 Å². The zero-order valence-corrected chi connectivity index (χ0v) is 14.0. The molecular weight excluding hydrogens is 306 g/mol. The van der Waals surface area contributed by atoms with E-state index in [1.54, 1.807) is 0 Å². The van der Waals surface area contributed by atoms with Crippen molar-refractivity contribution in [3.8, 4) is 0 Å². The third-order valence-corrected chi connectivity index (χ3v) is 3.80. The van der Waals surface area contributed by atoms with Crippen LogP contribution in [0.5, 0.6) is 0 Å². The van der Waals surface area contributed by atoms with Gasteiger partial charge in [0.25, 0.3) is 0 Å². The Labute approximate surface area is 142 Å². The molecule has 0 aliphatic rings. The monoisotopic (exact) mass is 327 g/mol. The van der Waals surface area contributed by atoms with Crippen molar-refractivity contribution in [3.05, 3.63) is 65.2 Å². The minimum Gasteiger partial charge on any atom is -0.399 e. The average molecular weight is 328 g/mol. The second kappa shape index (κ2) is 8.39. The maximum Gasteiger partial charge on any atom is 0.0499 e. The summed E-state index contributed by atoms with van der Waals surface area (Å²) in [6.07, 6.45) is 4.69. The van der Waals surface area contributed by atoms with Crippen molar-refractivity contribution in [2.45, 2.75) is 26.2 Å². The van der Waals surface area contributed by atoms with E-state index in [4.69, 9.17) is 22.7 Å². The Bertz CT molecular complexity index is 690. The highest BCUT2D eigenvalue weighted by molar-refractivity contribution is 6.32. The lowest BCUT2D eigenvalue weighted by atomic mass is 10.1. The minimum atomic E-state index is 0.588. The van der Waals surface area contributed by atoms with E-state index in [2.05, 4.69) is 12.2 Å². The molecule has 2 aromatic rings. The van der Waals surface area contributed by atoms with Crippen molar-refractivity contribution in [1.29, 1.82) is 5.41 Å². The largest absolute Gasteiger partial charge is 0.399 e. The van der Waals surface area contributed by atoms with E-state index < -0.39 is 0 Å². The van der Waals surface area contributed by atoms with Crippen molar-refractivity contribution < 1.29 is 0 Å². The molecule has 4 N–H and O–H groups in total. The van der Waals surface area contributed by atoms with Crippen LogP contribution < -0.4 is 11.1 Å². The van der Waals surface area contributed by atoms with Crippen LogP contribution in [0.25, 0.3) is 5.70 Å². The average Bonchev–Trinajstić information content (AvgIpc) is 2.55. The number of halogens is 1. The van der Waals surface area contributed by atoms with Crippen LogP contribution in [-0.2, 0) is 0 Å². The van der Waals surface area contributed by atoms with E-state index >= 15 is 0 Å². The third kappa shape index (κ3) is 5.15. The minimum absolute atomic E-state index is 0.588. The zero-order chi connectivity index (χ0) is 16.7. The third-order valence-electron chi connectivity index (χ3n) is 3.47. The van der Waals surface area contributed by atoms with Crippen molar-refractivity contribution in [2.24, 2.45) is 0 Å². The van der Waals surface area contributed by atoms with Gasteiger partial charge in [-0.3, -0.25) is 0 Å². The van der Waals surface area contributed by atoms with Crippen LogP contribution in [0.2, 0.25) is 5.02 Å². The fourth-order valence-electron chi connectivity index (χ4n) is 2.20. The van der Waals surface area contributed by atoms with Crippen molar-refractivity contribution in [3.63, 3.8) is 0 Å². The van der Waals surface area contributed by atoms with Gasteiger partial charge in [0.1, 0.15) is 0 Å². The standard InChI is InChI=1S/C19H22ClN3/c1-2-3-6-15(22)13-19(17-7-4-5-8-18(17)20)23-16-11-9-14(21)10-12-16/h4-5,7-13,22-23H,2-3,6,21H2,1H3/b19-13-,22-15?. The van der Waals surface area contributed by atoms with Gasteiger partial charge in [0.05, 0.1) is 0 Å². The van der Waals surface area contributed by atoms with E-state index in [1.807, 2.05) is 54.6 Å². The molecule has 0 atom stereocenters. The molecule has 0 saturated carbocycles. The lowest BCUT2D eigenvalue weighted by Crippen LogP contribution is -2.03. The first-order valence-corrected chi connectivity index (χ1v) is 8.14. The van der Waals surface area contributed by atoms with E-state index in [-0.39, 0.29) is 0 Å². The maximum absolute atomic E-state index is 8.16. The van der Waals surface area contributed by atoms with Crippen LogP contribution >= 0.6 is 11.6 Å². The quantitative estimate of drug-likeness (QED) is 0.459. The summed E-state index contributed by atoms with van der Waals surface area (Å²) in [6.45, 7) is 2.12. The fraction of sp³-hybridized carbons (Fsp3) is 0.211. The number of hydrogen-bond donors (Lipinski definition) is 3. The Morgan fingerprint density at radius 3 is 2.52 bits per heavy atom. The lowest BCUT2D eigenvalue weighted by molar-refractivity contribution is 0.834. The Kier molecular flexibility index (Phi) is 6.24. The van der Waals surface area contributed by atoms with Gasteiger partial charge in [-0.05, 0) is 49.2 Å². The van der Waals surface area contributed by atoms with Crippen molar-refractivity contribution in [1.82, 2.24) is 0 Å². The molecule has 0 saturated heterocycles. The summed E-state index contributed by atoms with van der Waals surface area (Å²) in [7, 11) is 0. The molecule has 0 spiro atoms. The van der Waals surface area contributed by atoms with Crippen LogP contribution in [0.3, 0.4) is 0 Å². The topological polar surface area (TPSA) is 61.9 Å². The highest BCUT2D eigenvalue weighted by atomic mass is 35.5. The zero-order valence-electron chi connectivity index (χ0n) is 13.3. The lowest BCUT2D eigenvalue weighted by Gasteiger charge is -2.14.